The van der Waals surface area contributed by atoms with Gasteiger partial charge in [-0.1, -0.05) is 19.9 Å². The van der Waals surface area contributed by atoms with Crippen molar-refractivity contribution in [1.29, 1.82) is 0 Å². The smallest absolute Gasteiger partial charge is 0.0605 e. The predicted molar refractivity (Wildman–Crippen MR) is 55.4 cm³/mol. The third-order valence-electron chi connectivity index (χ3n) is 2.64. The average Bonchev–Trinajstić information content (AvgIpc) is 2.04. The number of aromatic nitrogens is 1. The molecule has 0 spiro atoms. The molecule has 1 aromatic heterocycles. The summed E-state index contributed by atoms with van der Waals surface area (Å²) in [6.45, 7) is 8.24. The van der Waals surface area contributed by atoms with Crippen LogP contribution in [0.15, 0.2) is 18.2 Å². The van der Waals surface area contributed by atoms with Crippen molar-refractivity contribution < 1.29 is 0 Å². The van der Waals surface area contributed by atoms with Gasteiger partial charge in [0.25, 0.3) is 0 Å². The molecule has 0 aliphatic rings. The van der Waals surface area contributed by atoms with E-state index in [1.165, 1.54) is 0 Å². The largest absolute Gasteiger partial charge is 0.320 e. The van der Waals surface area contributed by atoms with Crippen LogP contribution in [0.5, 0.6) is 0 Å². The van der Waals surface area contributed by atoms with Gasteiger partial charge in [-0.2, -0.15) is 0 Å². The van der Waals surface area contributed by atoms with Crippen molar-refractivity contribution in [3.8, 4) is 0 Å². The molecule has 0 saturated heterocycles. The molecule has 13 heavy (non-hydrogen) atoms. The van der Waals surface area contributed by atoms with Gasteiger partial charge in [0.1, 0.15) is 0 Å². The standard InChI is InChI=1S/C11H18N2/c1-8(2)11(4,12)10-7-5-6-9(3)13-10/h5-8H,12H2,1-4H3. The molecule has 2 nitrogen and oxygen atoms in total. The minimum absolute atomic E-state index is 0.327. The Morgan fingerprint density at radius 3 is 2.46 bits per heavy atom. The predicted octanol–water partition coefficient (Wildman–Crippen LogP) is 2.22. The molecule has 0 aliphatic heterocycles. The van der Waals surface area contributed by atoms with Crippen molar-refractivity contribution in [2.75, 3.05) is 0 Å². The molecule has 1 aromatic rings. The van der Waals surface area contributed by atoms with Crippen molar-refractivity contribution in [3.63, 3.8) is 0 Å². The van der Waals surface area contributed by atoms with E-state index in [4.69, 9.17) is 5.73 Å². The van der Waals surface area contributed by atoms with Gasteiger partial charge in [0, 0.05) is 5.69 Å². The van der Waals surface area contributed by atoms with E-state index in [2.05, 4.69) is 18.8 Å². The minimum Gasteiger partial charge on any atom is -0.320 e. The Morgan fingerprint density at radius 1 is 1.38 bits per heavy atom. The minimum atomic E-state index is -0.327. The SMILES string of the molecule is Cc1cccc(C(C)(N)C(C)C)n1. The Morgan fingerprint density at radius 2 is 2.00 bits per heavy atom. The Labute approximate surface area is 80.2 Å². The van der Waals surface area contributed by atoms with E-state index in [1.54, 1.807) is 0 Å². The van der Waals surface area contributed by atoms with Crippen LogP contribution in [0.2, 0.25) is 0 Å². The first kappa shape index (κ1) is 10.2. The molecule has 0 saturated carbocycles. The summed E-state index contributed by atoms with van der Waals surface area (Å²) in [5.74, 6) is 0.391. The molecule has 0 amide bonds. The van der Waals surface area contributed by atoms with Crippen LogP contribution in [-0.2, 0) is 5.54 Å². The summed E-state index contributed by atoms with van der Waals surface area (Å²) >= 11 is 0. The van der Waals surface area contributed by atoms with Gasteiger partial charge >= 0.3 is 0 Å². The molecule has 1 heterocycles. The third-order valence-corrected chi connectivity index (χ3v) is 2.64. The Kier molecular flexibility index (Phi) is 2.71. The zero-order valence-electron chi connectivity index (χ0n) is 8.83. The first-order chi connectivity index (χ1) is 5.94. The van der Waals surface area contributed by atoms with Gasteiger partial charge in [-0.3, -0.25) is 4.98 Å². The third kappa shape index (κ3) is 2.07. The number of aryl methyl sites for hydroxylation is 1. The molecule has 1 rings (SSSR count). The fourth-order valence-electron chi connectivity index (χ4n) is 1.14. The lowest BCUT2D eigenvalue weighted by molar-refractivity contribution is 0.340. The van der Waals surface area contributed by atoms with E-state index in [-0.39, 0.29) is 5.54 Å². The van der Waals surface area contributed by atoms with Gasteiger partial charge < -0.3 is 5.73 Å². The maximum atomic E-state index is 6.19. The van der Waals surface area contributed by atoms with Crippen LogP contribution in [0.4, 0.5) is 0 Å². The van der Waals surface area contributed by atoms with E-state index in [1.807, 2.05) is 32.0 Å². The fraction of sp³-hybridized carbons (Fsp3) is 0.545. The second kappa shape index (κ2) is 3.46. The van der Waals surface area contributed by atoms with Crippen LogP contribution >= 0.6 is 0 Å². The lowest BCUT2D eigenvalue weighted by Crippen LogP contribution is -2.39. The summed E-state index contributed by atoms with van der Waals surface area (Å²) < 4.78 is 0. The summed E-state index contributed by atoms with van der Waals surface area (Å²) in [6.07, 6.45) is 0. The molecular weight excluding hydrogens is 160 g/mol. The quantitative estimate of drug-likeness (QED) is 0.754. The van der Waals surface area contributed by atoms with Gasteiger partial charge in [0.2, 0.25) is 0 Å². The Hall–Kier alpha value is -0.890. The number of hydrogen-bond donors (Lipinski definition) is 1. The first-order valence-electron chi connectivity index (χ1n) is 4.67. The van der Waals surface area contributed by atoms with Gasteiger partial charge in [-0.25, -0.2) is 0 Å². The molecule has 2 heteroatoms. The van der Waals surface area contributed by atoms with Crippen molar-refractivity contribution in [2.45, 2.75) is 33.2 Å². The molecule has 0 bridgehead atoms. The van der Waals surface area contributed by atoms with Gasteiger partial charge in [-0.05, 0) is 31.9 Å². The lowest BCUT2D eigenvalue weighted by Gasteiger charge is -2.28. The highest BCUT2D eigenvalue weighted by Gasteiger charge is 2.26. The molecule has 2 N–H and O–H groups in total. The van der Waals surface area contributed by atoms with Crippen LogP contribution in [0.3, 0.4) is 0 Å². The highest BCUT2D eigenvalue weighted by Crippen LogP contribution is 2.24. The normalized spacial score (nSPS) is 15.8. The first-order valence-corrected chi connectivity index (χ1v) is 4.67. The second-order valence-electron chi connectivity index (χ2n) is 4.10. The molecule has 0 fully saturated rings. The van der Waals surface area contributed by atoms with Crippen molar-refractivity contribution in [1.82, 2.24) is 4.98 Å². The maximum absolute atomic E-state index is 6.19. The summed E-state index contributed by atoms with van der Waals surface area (Å²) in [5.41, 5.74) is 7.86. The molecule has 0 radical (unpaired) electrons. The van der Waals surface area contributed by atoms with Crippen molar-refractivity contribution >= 4 is 0 Å². The monoisotopic (exact) mass is 178 g/mol. The average molecular weight is 178 g/mol. The summed E-state index contributed by atoms with van der Waals surface area (Å²) in [7, 11) is 0. The van der Waals surface area contributed by atoms with E-state index >= 15 is 0 Å². The van der Waals surface area contributed by atoms with Crippen LogP contribution < -0.4 is 5.73 Å². The Bertz CT molecular complexity index is 290. The second-order valence-corrected chi connectivity index (χ2v) is 4.10. The number of hydrogen-bond acceptors (Lipinski definition) is 2. The molecule has 1 unspecified atom stereocenters. The molecule has 0 aliphatic carbocycles. The summed E-state index contributed by atoms with van der Waals surface area (Å²) in [6, 6.07) is 5.98. The molecule has 72 valence electrons. The zero-order chi connectivity index (χ0) is 10.1. The molecule has 0 aromatic carbocycles. The highest BCUT2D eigenvalue weighted by molar-refractivity contribution is 5.17. The summed E-state index contributed by atoms with van der Waals surface area (Å²) in [5, 5.41) is 0. The molecular formula is C11H18N2. The van der Waals surface area contributed by atoms with E-state index in [0.717, 1.165) is 11.4 Å². The van der Waals surface area contributed by atoms with E-state index in [9.17, 15) is 0 Å². The van der Waals surface area contributed by atoms with Crippen LogP contribution in [0, 0.1) is 12.8 Å². The van der Waals surface area contributed by atoms with Crippen LogP contribution in [0.25, 0.3) is 0 Å². The number of rotatable bonds is 2. The van der Waals surface area contributed by atoms with E-state index in [0.29, 0.717) is 5.92 Å². The number of nitrogens with two attached hydrogens (primary N) is 1. The van der Waals surface area contributed by atoms with Crippen molar-refractivity contribution in [3.05, 3.63) is 29.6 Å². The topological polar surface area (TPSA) is 38.9 Å². The fourth-order valence-corrected chi connectivity index (χ4v) is 1.14. The maximum Gasteiger partial charge on any atom is 0.0605 e. The Balaban J connectivity index is 3.07. The highest BCUT2D eigenvalue weighted by atomic mass is 14.8. The van der Waals surface area contributed by atoms with Crippen LogP contribution in [0.1, 0.15) is 32.2 Å². The zero-order valence-corrected chi connectivity index (χ0v) is 8.83. The summed E-state index contributed by atoms with van der Waals surface area (Å²) in [4.78, 5) is 4.44. The number of pyridine rings is 1. The van der Waals surface area contributed by atoms with E-state index < -0.39 is 0 Å². The van der Waals surface area contributed by atoms with Crippen LogP contribution in [-0.4, -0.2) is 4.98 Å². The van der Waals surface area contributed by atoms with Gasteiger partial charge in [0.15, 0.2) is 0 Å². The van der Waals surface area contributed by atoms with Gasteiger partial charge in [0.05, 0.1) is 11.2 Å². The number of nitrogens with zero attached hydrogens (tertiary/aromatic N) is 1. The molecule has 1 atom stereocenters. The van der Waals surface area contributed by atoms with Crippen molar-refractivity contribution in [2.24, 2.45) is 11.7 Å². The van der Waals surface area contributed by atoms with Gasteiger partial charge in [-0.15, -0.1) is 0 Å². The lowest BCUT2D eigenvalue weighted by atomic mass is 9.86.